The first-order valence-corrected chi connectivity index (χ1v) is 6.74. The zero-order valence-electron chi connectivity index (χ0n) is 11.5. The summed E-state index contributed by atoms with van der Waals surface area (Å²) in [6, 6.07) is 9.58. The minimum Gasteiger partial charge on any atom is -0.411 e. The maximum atomic E-state index is 10.7. The van der Waals surface area contributed by atoms with Crippen molar-refractivity contribution in [2.24, 2.45) is 5.16 Å². The Bertz CT molecular complexity index is 883. The minimum absolute atomic E-state index is 0.194. The molecule has 116 valence electrons. The molecule has 1 N–H and O–H groups in total. The van der Waals surface area contributed by atoms with Gasteiger partial charge in [-0.2, -0.15) is 5.10 Å². The van der Waals surface area contributed by atoms with Crippen LogP contribution in [0.3, 0.4) is 0 Å². The Morgan fingerprint density at radius 1 is 1.30 bits per heavy atom. The molecule has 23 heavy (non-hydrogen) atoms. The van der Waals surface area contributed by atoms with E-state index in [9.17, 15) is 10.1 Å². The molecule has 0 bridgehead atoms. The number of halogens is 1. The lowest BCUT2D eigenvalue weighted by molar-refractivity contribution is -0.401. The van der Waals surface area contributed by atoms with E-state index in [4.69, 9.17) is 21.2 Å². The molecule has 0 unspecified atom stereocenters. The average Bonchev–Trinajstić information content (AvgIpc) is 3.15. The standard InChI is InChI=1S/C14H9ClN4O4/c15-10-1-3-11(4-2-10)18-8-9(7-16-20)14(17-18)12-5-6-13(23-12)19(21)22/h1-8,20H. The Labute approximate surface area is 134 Å². The second-order valence-corrected chi connectivity index (χ2v) is 4.93. The molecule has 2 aromatic heterocycles. The Kier molecular flexibility index (Phi) is 3.82. The highest BCUT2D eigenvalue weighted by molar-refractivity contribution is 6.30. The van der Waals surface area contributed by atoms with Crippen molar-refractivity contribution in [3.05, 3.63) is 63.3 Å². The molecule has 8 nitrogen and oxygen atoms in total. The molecule has 3 aromatic rings. The molecule has 0 aliphatic carbocycles. The van der Waals surface area contributed by atoms with Crippen molar-refractivity contribution < 1.29 is 14.5 Å². The van der Waals surface area contributed by atoms with Gasteiger partial charge in [-0.15, -0.1) is 0 Å². The number of benzene rings is 1. The van der Waals surface area contributed by atoms with Gasteiger partial charge in [-0.25, -0.2) is 4.68 Å². The van der Waals surface area contributed by atoms with Crippen LogP contribution in [0.2, 0.25) is 5.02 Å². The van der Waals surface area contributed by atoms with E-state index < -0.39 is 10.8 Å². The fourth-order valence-corrected chi connectivity index (χ4v) is 2.14. The third-order valence-corrected chi connectivity index (χ3v) is 3.29. The highest BCUT2D eigenvalue weighted by atomic mass is 35.5. The smallest absolute Gasteiger partial charge is 0.411 e. The van der Waals surface area contributed by atoms with Crippen LogP contribution < -0.4 is 0 Å². The van der Waals surface area contributed by atoms with Gasteiger partial charge < -0.3 is 9.62 Å². The van der Waals surface area contributed by atoms with Crippen LogP contribution in [-0.4, -0.2) is 26.1 Å². The summed E-state index contributed by atoms with van der Waals surface area (Å²) >= 11 is 5.85. The van der Waals surface area contributed by atoms with Gasteiger partial charge in [0.15, 0.2) is 5.76 Å². The summed E-state index contributed by atoms with van der Waals surface area (Å²) in [7, 11) is 0. The molecule has 0 aliphatic rings. The minimum atomic E-state index is -0.639. The highest BCUT2D eigenvalue weighted by Gasteiger charge is 2.18. The van der Waals surface area contributed by atoms with E-state index in [2.05, 4.69) is 10.3 Å². The number of aromatic nitrogens is 2. The molecular weight excluding hydrogens is 324 g/mol. The molecule has 0 fully saturated rings. The van der Waals surface area contributed by atoms with Gasteiger partial charge in [0.05, 0.1) is 18.0 Å². The van der Waals surface area contributed by atoms with E-state index in [0.717, 1.165) is 0 Å². The normalized spacial score (nSPS) is 11.2. The number of hydrogen-bond acceptors (Lipinski definition) is 6. The second-order valence-electron chi connectivity index (χ2n) is 4.49. The molecule has 0 saturated heterocycles. The molecule has 0 radical (unpaired) electrons. The van der Waals surface area contributed by atoms with Crippen LogP contribution in [0.5, 0.6) is 0 Å². The molecule has 3 rings (SSSR count). The summed E-state index contributed by atoms with van der Waals surface area (Å²) in [6.45, 7) is 0. The molecule has 0 spiro atoms. The fraction of sp³-hybridized carbons (Fsp3) is 0. The fourth-order valence-electron chi connectivity index (χ4n) is 2.01. The van der Waals surface area contributed by atoms with Crippen LogP contribution in [0, 0.1) is 10.1 Å². The predicted molar refractivity (Wildman–Crippen MR) is 82.3 cm³/mol. The molecule has 9 heteroatoms. The summed E-state index contributed by atoms with van der Waals surface area (Å²) in [5.74, 6) is -0.202. The third kappa shape index (κ3) is 2.92. The van der Waals surface area contributed by atoms with E-state index in [1.807, 2.05) is 0 Å². The second kappa shape index (κ2) is 5.93. The molecule has 1 aromatic carbocycles. The van der Waals surface area contributed by atoms with Crippen molar-refractivity contribution in [2.45, 2.75) is 0 Å². The third-order valence-electron chi connectivity index (χ3n) is 3.04. The molecular formula is C14H9ClN4O4. The van der Waals surface area contributed by atoms with Gasteiger partial charge in [-0.1, -0.05) is 16.8 Å². The van der Waals surface area contributed by atoms with Crippen molar-refractivity contribution in [3.8, 4) is 17.1 Å². The number of nitro groups is 1. The number of furan rings is 1. The summed E-state index contributed by atoms with van der Waals surface area (Å²) in [5, 5.41) is 27.4. The van der Waals surface area contributed by atoms with Crippen LogP contribution >= 0.6 is 11.6 Å². The first-order valence-electron chi connectivity index (χ1n) is 6.36. The van der Waals surface area contributed by atoms with Gasteiger partial charge in [0.2, 0.25) is 0 Å². The van der Waals surface area contributed by atoms with Gasteiger partial charge in [0.1, 0.15) is 10.6 Å². The van der Waals surface area contributed by atoms with Crippen molar-refractivity contribution in [2.75, 3.05) is 0 Å². The maximum Gasteiger partial charge on any atom is 0.433 e. The molecule has 0 aliphatic heterocycles. The number of rotatable bonds is 4. The zero-order chi connectivity index (χ0) is 16.4. The maximum absolute atomic E-state index is 10.7. The van der Waals surface area contributed by atoms with Crippen molar-refractivity contribution in [1.82, 2.24) is 9.78 Å². The van der Waals surface area contributed by atoms with E-state index in [-0.39, 0.29) is 5.76 Å². The van der Waals surface area contributed by atoms with E-state index in [1.54, 1.807) is 30.5 Å². The molecule has 0 saturated carbocycles. The van der Waals surface area contributed by atoms with Gasteiger partial charge in [-0.05, 0) is 30.3 Å². The van der Waals surface area contributed by atoms with E-state index in [1.165, 1.54) is 23.0 Å². The van der Waals surface area contributed by atoms with Crippen LogP contribution in [0.1, 0.15) is 5.56 Å². The predicted octanol–water partition coefficient (Wildman–Crippen LogP) is 3.50. The Hall–Kier alpha value is -3.13. The van der Waals surface area contributed by atoms with Crippen molar-refractivity contribution >= 4 is 23.7 Å². The summed E-state index contributed by atoms with van der Waals surface area (Å²) in [4.78, 5) is 10.1. The van der Waals surface area contributed by atoms with Gasteiger partial charge in [0, 0.05) is 16.8 Å². The van der Waals surface area contributed by atoms with E-state index >= 15 is 0 Å². The first-order chi connectivity index (χ1) is 11.1. The lowest BCUT2D eigenvalue weighted by Crippen LogP contribution is -1.94. The zero-order valence-corrected chi connectivity index (χ0v) is 12.2. The Morgan fingerprint density at radius 3 is 2.65 bits per heavy atom. The molecule has 2 heterocycles. The van der Waals surface area contributed by atoms with Crippen molar-refractivity contribution in [3.63, 3.8) is 0 Å². The lowest BCUT2D eigenvalue weighted by atomic mass is 10.2. The Morgan fingerprint density at radius 2 is 2.04 bits per heavy atom. The summed E-state index contributed by atoms with van der Waals surface area (Å²) in [6.07, 6.45) is 2.77. The van der Waals surface area contributed by atoms with Crippen LogP contribution in [-0.2, 0) is 0 Å². The monoisotopic (exact) mass is 332 g/mol. The van der Waals surface area contributed by atoms with Gasteiger partial charge in [0.25, 0.3) is 0 Å². The lowest BCUT2D eigenvalue weighted by Gasteiger charge is -2.00. The number of hydrogen-bond donors (Lipinski definition) is 1. The van der Waals surface area contributed by atoms with Gasteiger partial charge in [-0.3, -0.25) is 10.1 Å². The first kappa shape index (κ1) is 14.8. The van der Waals surface area contributed by atoms with Gasteiger partial charge >= 0.3 is 5.88 Å². The summed E-state index contributed by atoms with van der Waals surface area (Å²) < 4.78 is 6.67. The van der Waals surface area contributed by atoms with Crippen molar-refractivity contribution in [1.29, 1.82) is 0 Å². The summed E-state index contributed by atoms with van der Waals surface area (Å²) in [5.41, 5.74) is 1.46. The van der Waals surface area contributed by atoms with Crippen LogP contribution in [0.4, 0.5) is 5.88 Å². The highest BCUT2D eigenvalue weighted by Crippen LogP contribution is 2.28. The topological polar surface area (TPSA) is 107 Å². The SMILES string of the molecule is O=[N+]([O-])c1ccc(-c2nn(-c3ccc(Cl)cc3)cc2C=NO)o1. The quantitative estimate of drug-likeness (QED) is 0.340. The Balaban J connectivity index is 2.08. The molecule has 0 amide bonds. The van der Waals surface area contributed by atoms with Crippen LogP contribution in [0.15, 0.2) is 52.2 Å². The number of oxime groups is 1. The average molecular weight is 333 g/mol. The van der Waals surface area contributed by atoms with E-state index in [0.29, 0.717) is 22.0 Å². The largest absolute Gasteiger partial charge is 0.433 e. The van der Waals surface area contributed by atoms with Crippen LogP contribution in [0.25, 0.3) is 17.1 Å². The number of nitrogens with zero attached hydrogens (tertiary/aromatic N) is 4. The molecule has 0 atom stereocenters.